The second-order valence-corrected chi connectivity index (χ2v) is 8.42. The number of hydrogen-bond acceptors (Lipinski definition) is 5. The molecule has 1 aromatic heterocycles. The maximum atomic E-state index is 13.2. The molecule has 3 aromatic rings. The molecule has 0 atom stereocenters. The normalized spacial score (nSPS) is 11.3. The van der Waals surface area contributed by atoms with Crippen molar-refractivity contribution in [1.82, 2.24) is 20.0 Å². The number of carbonyl (C=O) groups is 1. The van der Waals surface area contributed by atoms with E-state index >= 15 is 0 Å². The van der Waals surface area contributed by atoms with Crippen LogP contribution in [0.4, 0.5) is 0 Å². The van der Waals surface area contributed by atoms with Crippen molar-refractivity contribution in [3.8, 4) is 28.4 Å². The highest BCUT2D eigenvalue weighted by atomic mass is 16.5. The number of nitrogens with zero attached hydrogens (tertiary/aromatic N) is 3. The Bertz CT molecular complexity index is 1050. The predicted octanol–water partition coefficient (Wildman–Crippen LogP) is 4.41. The van der Waals surface area contributed by atoms with E-state index in [2.05, 4.69) is 37.9 Å². The van der Waals surface area contributed by atoms with E-state index in [1.165, 1.54) is 0 Å². The zero-order valence-electron chi connectivity index (χ0n) is 20.3. The number of carbonyl (C=O) groups excluding carboxylic acids is 1. The van der Waals surface area contributed by atoms with Crippen LogP contribution < -0.4 is 14.8 Å². The fourth-order valence-corrected chi connectivity index (χ4v) is 3.96. The van der Waals surface area contributed by atoms with Crippen LogP contribution in [0.5, 0.6) is 11.5 Å². The molecule has 0 aliphatic carbocycles. The van der Waals surface area contributed by atoms with Gasteiger partial charge in [0, 0.05) is 36.9 Å². The van der Waals surface area contributed by atoms with Gasteiger partial charge in [-0.3, -0.25) is 9.69 Å². The standard InChI is InChI=1S/C26H34N4O3/c1-18(2)29(19(3)4)15-14-27-26(31)22-17-30(21-10-8-7-9-11-21)28-25(22)20-12-13-23(32-5)24(16-20)33-6/h7-13,16-19H,14-15H2,1-6H3,(H,27,31). The Balaban J connectivity index is 1.93. The van der Waals surface area contributed by atoms with E-state index in [0.29, 0.717) is 41.4 Å². The summed E-state index contributed by atoms with van der Waals surface area (Å²) < 4.78 is 12.6. The lowest BCUT2D eigenvalue weighted by atomic mass is 10.1. The van der Waals surface area contributed by atoms with E-state index in [9.17, 15) is 4.79 Å². The monoisotopic (exact) mass is 450 g/mol. The molecular weight excluding hydrogens is 416 g/mol. The van der Waals surface area contributed by atoms with Crippen LogP contribution in [0.1, 0.15) is 38.1 Å². The van der Waals surface area contributed by atoms with Crippen LogP contribution in [0.3, 0.4) is 0 Å². The molecule has 0 unspecified atom stereocenters. The van der Waals surface area contributed by atoms with Gasteiger partial charge in [-0.2, -0.15) is 5.10 Å². The van der Waals surface area contributed by atoms with Crippen molar-refractivity contribution in [2.24, 2.45) is 0 Å². The topological polar surface area (TPSA) is 68.6 Å². The second kappa shape index (κ2) is 11.0. The van der Waals surface area contributed by atoms with Gasteiger partial charge in [-0.15, -0.1) is 0 Å². The maximum Gasteiger partial charge on any atom is 0.255 e. The number of rotatable bonds is 10. The number of benzene rings is 2. The summed E-state index contributed by atoms with van der Waals surface area (Å²) in [5, 5.41) is 7.83. The second-order valence-electron chi connectivity index (χ2n) is 8.42. The summed E-state index contributed by atoms with van der Waals surface area (Å²) in [5.74, 6) is 1.05. The van der Waals surface area contributed by atoms with Gasteiger partial charge >= 0.3 is 0 Å². The van der Waals surface area contributed by atoms with E-state index in [1.807, 2.05) is 48.5 Å². The van der Waals surface area contributed by atoms with Gasteiger partial charge in [0.1, 0.15) is 5.69 Å². The number of para-hydroxylation sites is 1. The van der Waals surface area contributed by atoms with Crippen molar-refractivity contribution in [3.63, 3.8) is 0 Å². The van der Waals surface area contributed by atoms with Gasteiger partial charge in [-0.1, -0.05) is 18.2 Å². The Morgan fingerprint density at radius 2 is 1.67 bits per heavy atom. The van der Waals surface area contributed by atoms with E-state index < -0.39 is 0 Å². The maximum absolute atomic E-state index is 13.2. The van der Waals surface area contributed by atoms with Crippen LogP contribution in [0, 0.1) is 0 Å². The minimum absolute atomic E-state index is 0.158. The fourth-order valence-electron chi connectivity index (χ4n) is 3.96. The first-order valence-corrected chi connectivity index (χ1v) is 11.3. The first-order chi connectivity index (χ1) is 15.8. The van der Waals surface area contributed by atoms with Crippen LogP contribution >= 0.6 is 0 Å². The zero-order chi connectivity index (χ0) is 24.0. The highest BCUT2D eigenvalue weighted by Crippen LogP contribution is 2.33. The molecule has 0 spiro atoms. The SMILES string of the molecule is COc1ccc(-c2nn(-c3ccccc3)cc2C(=O)NCCN(C(C)C)C(C)C)cc1OC. The van der Waals surface area contributed by atoms with Crippen molar-refractivity contribution >= 4 is 5.91 Å². The summed E-state index contributed by atoms with van der Waals surface area (Å²) in [6.45, 7) is 10.0. The van der Waals surface area contributed by atoms with Gasteiger partial charge in [-0.05, 0) is 58.0 Å². The van der Waals surface area contributed by atoms with E-state index in [-0.39, 0.29) is 5.91 Å². The van der Waals surface area contributed by atoms with Gasteiger partial charge < -0.3 is 14.8 Å². The highest BCUT2D eigenvalue weighted by molar-refractivity contribution is 6.00. The molecule has 0 bridgehead atoms. The first kappa shape index (κ1) is 24.3. The average molecular weight is 451 g/mol. The van der Waals surface area contributed by atoms with Crippen molar-refractivity contribution < 1.29 is 14.3 Å². The molecule has 0 aliphatic rings. The lowest BCUT2D eigenvalue weighted by Crippen LogP contribution is -2.42. The van der Waals surface area contributed by atoms with Gasteiger partial charge in [0.25, 0.3) is 5.91 Å². The Morgan fingerprint density at radius 3 is 2.27 bits per heavy atom. The third-order valence-electron chi connectivity index (χ3n) is 5.62. The number of hydrogen-bond donors (Lipinski definition) is 1. The zero-order valence-corrected chi connectivity index (χ0v) is 20.3. The minimum Gasteiger partial charge on any atom is -0.493 e. The van der Waals surface area contributed by atoms with Crippen LogP contribution in [-0.4, -0.2) is 60.0 Å². The van der Waals surface area contributed by atoms with Crippen LogP contribution in [-0.2, 0) is 0 Å². The number of ether oxygens (including phenoxy) is 2. The number of amides is 1. The molecule has 3 rings (SSSR count). The summed E-state index contributed by atoms with van der Waals surface area (Å²) in [5.41, 5.74) is 2.75. The summed E-state index contributed by atoms with van der Waals surface area (Å²) in [4.78, 5) is 15.6. The van der Waals surface area contributed by atoms with Crippen LogP contribution in [0.15, 0.2) is 54.7 Å². The number of aromatic nitrogens is 2. The van der Waals surface area contributed by atoms with E-state index in [0.717, 1.165) is 17.8 Å². The van der Waals surface area contributed by atoms with Crippen LogP contribution in [0.25, 0.3) is 16.9 Å². The fraction of sp³-hybridized carbons (Fsp3) is 0.385. The number of nitrogens with one attached hydrogen (secondary N) is 1. The van der Waals surface area contributed by atoms with Gasteiger partial charge in [0.05, 0.1) is 25.5 Å². The third kappa shape index (κ3) is 5.73. The molecule has 1 heterocycles. The van der Waals surface area contributed by atoms with Crippen molar-refractivity contribution in [3.05, 3.63) is 60.3 Å². The Morgan fingerprint density at radius 1 is 1.00 bits per heavy atom. The molecule has 0 saturated heterocycles. The molecule has 2 aromatic carbocycles. The Kier molecular flexibility index (Phi) is 8.11. The molecule has 0 saturated carbocycles. The van der Waals surface area contributed by atoms with E-state index in [1.54, 1.807) is 25.1 Å². The summed E-state index contributed by atoms with van der Waals surface area (Å²) in [6.07, 6.45) is 1.78. The molecule has 1 N–H and O–H groups in total. The van der Waals surface area contributed by atoms with Gasteiger partial charge in [0.15, 0.2) is 11.5 Å². The van der Waals surface area contributed by atoms with E-state index in [4.69, 9.17) is 14.6 Å². The quantitative estimate of drug-likeness (QED) is 0.496. The molecule has 0 radical (unpaired) electrons. The first-order valence-electron chi connectivity index (χ1n) is 11.3. The molecule has 33 heavy (non-hydrogen) atoms. The van der Waals surface area contributed by atoms with Crippen LogP contribution in [0.2, 0.25) is 0 Å². The summed E-state index contributed by atoms with van der Waals surface area (Å²) in [7, 11) is 3.19. The van der Waals surface area contributed by atoms with Crippen molar-refractivity contribution in [2.75, 3.05) is 27.3 Å². The Labute approximate surface area is 196 Å². The third-order valence-corrected chi connectivity index (χ3v) is 5.62. The number of methoxy groups -OCH3 is 2. The molecule has 176 valence electrons. The Hall–Kier alpha value is -3.32. The van der Waals surface area contributed by atoms with Gasteiger partial charge in [-0.25, -0.2) is 4.68 Å². The average Bonchev–Trinajstić information content (AvgIpc) is 3.27. The van der Waals surface area contributed by atoms with Crippen molar-refractivity contribution in [1.29, 1.82) is 0 Å². The minimum atomic E-state index is -0.158. The molecule has 0 aliphatic heterocycles. The molecular formula is C26H34N4O3. The molecule has 7 heteroatoms. The smallest absolute Gasteiger partial charge is 0.255 e. The molecule has 0 fully saturated rings. The van der Waals surface area contributed by atoms with Gasteiger partial charge in [0.2, 0.25) is 0 Å². The largest absolute Gasteiger partial charge is 0.493 e. The lowest BCUT2D eigenvalue weighted by Gasteiger charge is -2.30. The highest BCUT2D eigenvalue weighted by Gasteiger charge is 2.21. The lowest BCUT2D eigenvalue weighted by molar-refractivity contribution is 0.0940. The summed E-state index contributed by atoms with van der Waals surface area (Å²) in [6, 6.07) is 16.1. The predicted molar refractivity (Wildman–Crippen MR) is 131 cm³/mol. The summed E-state index contributed by atoms with van der Waals surface area (Å²) >= 11 is 0. The molecule has 1 amide bonds. The van der Waals surface area contributed by atoms with Crippen molar-refractivity contribution in [2.45, 2.75) is 39.8 Å². The molecule has 7 nitrogen and oxygen atoms in total.